The van der Waals surface area contributed by atoms with Crippen LogP contribution in [-0.2, 0) is 9.53 Å². The Morgan fingerprint density at radius 1 is 1.19 bits per heavy atom. The number of halogens is 2. The largest absolute Gasteiger partial charge is 0.449 e. The van der Waals surface area contributed by atoms with E-state index in [0.29, 0.717) is 10.7 Å². The fourth-order valence-corrected chi connectivity index (χ4v) is 2.38. The Morgan fingerprint density at radius 3 is 2.54 bits per heavy atom. The van der Waals surface area contributed by atoms with Crippen LogP contribution in [0.3, 0.4) is 0 Å². The van der Waals surface area contributed by atoms with Gasteiger partial charge < -0.3 is 10.1 Å². The van der Waals surface area contributed by atoms with Gasteiger partial charge in [-0.05, 0) is 43.7 Å². The molecule has 0 aliphatic carbocycles. The Labute approximate surface area is 159 Å². The number of anilines is 1. The van der Waals surface area contributed by atoms with Gasteiger partial charge in [0, 0.05) is 16.8 Å². The lowest BCUT2D eigenvalue weighted by Crippen LogP contribution is -2.30. The summed E-state index contributed by atoms with van der Waals surface area (Å²) in [4.78, 5) is 34.5. The van der Waals surface area contributed by atoms with Gasteiger partial charge in [0.2, 0.25) is 0 Å². The van der Waals surface area contributed by atoms with Crippen molar-refractivity contribution in [3.8, 4) is 0 Å². The van der Waals surface area contributed by atoms with Crippen molar-refractivity contribution in [1.82, 2.24) is 0 Å². The molecule has 136 valence electrons. The smallest absolute Gasteiger partial charge is 0.339 e. The van der Waals surface area contributed by atoms with Crippen molar-refractivity contribution in [3.63, 3.8) is 0 Å². The van der Waals surface area contributed by atoms with Gasteiger partial charge in [0.05, 0.1) is 10.5 Å². The van der Waals surface area contributed by atoms with Gasteiger partial charge in [-0.15, -0.1) is 0 Å². The predicted molar refractivity (Wildman–Crippen MR) is 97.8 cm³/mol. The number of esters is 1. The second-order valence-corrected chi connectivity index (χ2v) is 6.26. The highest BCUT2D eigenvalue weighted by molar-refractivity contribution is 6.32. The maximum atomic E-state index is 12.2. The van der Waals surface area contributed by atoms with Crippen molar-refractivity contribution >= 4 is 46.5 Å². The molecule has 0 saturated carbocycles. The molecule has 1 unspecified atom stereocenters. The second kappa shape index (κ2) is 8.16. The summed E-state index contributed by atoms with van der Waals surface area (Å²) in [7, 11) is 0. The summed E-state index contributed by atoms with van der Waals surface area (Å²) in [5.41, 5.74) is 0.773. The number of hydrogen-bond acceptors (Lipinski definition) is 5. The van der Waals surface area contributed by atoms with E-state index in [0.717, 1.165) is 11.6 Å². The molecule has 0 spiro atoms. The summed E-state index contributed by atoms with van der Waals surface area (Å²) >= 11 is 11.6. The number of hydrogen-bond donors (Lipinski definition) is 1. The van der Waals surface area contributed by atoms with Crippen molar-refractivity contribution < 1.29 is 19.2 Å². The summed E-state index contributed by atoms with van der Waals surface area (Å²) in [6.45, 7) is 3.17. The first-order chi connectivity index (χ1) is 12.2. The molecule has 0 radical (unpaired) electrons. The molecule has 2 rings (SSSR count). The monoisotopic (exact) mass is 396 g/mol. The zero-order chi connectivity index (χ0) is 19.4. The average Bonchev–Trinajstić information content (AvgIpc) is 2.58. The number of carbonyl (C=O) groups is 2. The van der Waals surface area contributed by atoms with Gasteiger partial charge in [0.15, 0.2) is 6.10 Å². The van der Waals surface area contributed by atoms with Crippen molar-refractivity contribution in [2.45, 2.75) is 20.0 Å². The van der Waals surface area contributed by atoms with Crippen LogP contribution in [0.2, 0.25) is 10.0 Å². The third-order valence-electron chi connectivity index (χ3n) is 3.49. The molecule has 7 nitrogen and oxygen atoms in total. The van der Waals surface area contributed by atoms with Crippen LogP contribution in [0.15, 0.2) is 36.4 Å². The number of nitrogens with one attached hydrogen (secondary N) is 1. The molecular weight excluding hydrogens is 383 g/mol. The van der Waals surface area contributed by atoms with E-state index in [9.17, 15) is 19.7 Å². The number of carbonyl (C=O) groups excluding carboxylic acids is 2. The normalized spacial score (nSPS) is 11.5. The highest BCUT2D eigenvalue weighted by Crippen LogP contribution is 2.25. The zero-order valence-corrected chi connectivity index (χ0v) is 15.3. The van der Waals surface area contributed by atoms with E-state index in [-0.39, 0.29) is 10.6 Å². The molecule has 1 amide bonds. The van der Waals surface area contributed by atoms with Gasteiger partial charge in [0.1, 0.15) is 5.02 Å². The standard InChI is InChI=1S/C17H14Cl2N2O5/c1-9-3-5-12(18)8-14(9)20-16(22)10(2)26-17(23)11-4-6-13(19)15(7-11)21(24)25/h3-8,10H,1-2H3,(H,20,22). The fourth-order valence-electron chi connectivity index (χ4n) is 2.02. The van der Waals surface area contributed by atoms with Crippen LogP contribution in [0, 0.1) is 17.0 Å². The molecule has 0 fully saturated rings. The molecule has 0 aliphatic heterocycles. The number of nitro groups is 1. The zero-order valence-electron chi connectivity index (χ0n) is 13.8. The molecule has 0 aliphatic rings. The Morgan fingerprint density at radius 2 is 1.88 bits per heavy atom. The third-order valence-corrected chi connectivity index (χ3v) is 4.04. The lowest BCUT2D eigenvalue weighted by Gasteiger charge is -2.15. The minimum absolute atomic E-state index is 0.0836. The first-order valence-corrected chi connectivity index (χ1v) is 8.16. The average molecular weight is 397 g/mol. The molecule has 0 aromatic heterocycles. The topological polar surface area (TPSA) is 98.5 Å². The third kappa shape index (κ3) is 4.71. The molecule has 1 atom stereocenters. The first-order valence-electron chi connectivity index (χ1n) is 7.41. The van der Waals surface area contributed by atoms with Crippen LogP contribution in [-0.4, -0.2) is 22.9 Å². The number of aryl methyl sites for hydroxylation is 1. The van der Waals surface area contributed by atoms with Crippen molar-refractivity contribution in [3.05, 3.63) is 67.7 Å². The van der Waals surface area contributed by atoms with Crippen LogP contribution in [0.5, 0.6) is 0 Å². The van der Waals surface area contributed by atoms with E-state index in [1.165, 1.54) is 19.1 Å². The van der Waals surface area contributed by atoms with Crippen molar-refractivity contribution in [2.75, 3.05) is 5.32 Å². The molecular formula is C17H14Cl2N2O5. The fraction of sp³-hybridized carbons (Fsp3) is 0.176. The summed E-state index contributed by atoms with van der Waals surface area (Å²) < 4.78 is 5.07. The van der Waals surface area contributed by atoms with Gasteiger partial charge in [-0.2, -0.15) is 0 Å². The SMILES string of the molecule is Cc1ccc(Cl)cc1NC(=O)C(C)OC(=O)c1ccc(Cl)c([N+](=O)[O-])c1. The second-order valence-electron chi connectivity index (χ2n) is 5.42. The molecule has 1 N–H and O–H groups in total. The lowest BCUT2D eigenvalue weighted by atomic mass is 10.2. The summed E-state index contributed by atoms with van der Waals surface area (Å²) in [6.07, 6.45) is -1.13. The van der Waals surface area contributed by atoms with E-state index in [4.69, 9.17) is 27.9 Å². The van der Waals surface area contributed by atoms with Crippen molar-refractivity contribution in [2.24, 2.45) is 0 Å². The lowest BCUT2D eigenvalue weighted by molar-refractivity contribution is -0.384. The van der Waals surface area contributed by atoms with Gasteiger partial charge in [-0.1, -0.05) is 29.3 Å². The summed E-state index contributed by atoms with van der Waals surface area (Å²) in [5, 5.41) is 13.8. The molecule has 0 heterocycles. The van der Waals surface area contributed by atoms with E-state index >= 15 is 0 Å². The maximum absolute atomic E-state index is 12.2. The van der Waals surface area contributed by atoms with E-state index in [1.54, 1.807) is 25.1 Å². The number of nitrogens with zero attached hydrogens (tertiary/aromatic N) is 1. The van der Waals surface area contributed by atoms with Crippen LogP contribution in [0.1, 0.15) is 22.8 Å². The molecule has 2 aromatic rings. The predicted octanol–water partition coefficient (Wildman–Crippen LogP) is 4.39. The molecule has 26 heavy (non-hydrogen) atoms. The Hall–Kier alpha value is -2.64. The molecule has 0 saturated heterocycles. The maximum Gasteiger partial charge on any atom is 0.339 e. The summed E-state index contributed by atoms with van der Waals surface area (Å²) in [6, 6.07) is 8.49. The van der Waals surface area contributed by atoms with Crippen LogP contribution in [0.4, 0.5) is 11.4 Å². The number of nitro benzene ring substituents is 1. The van der Waals surface area contributed by atoms with E-state index in [1.807, 2.05) is 0 Å². The van der Waals surface area contributed by atoms with Crippen LogP contribution in [0.25, 0.3) is 0 Å². The van der Waals surface area contributed by atoms with Gasteiger partial charge in [0.25, 0.3) is 11.6 Å². The summed E-state index contributed by atoms with van der Waals surface area (Å²) in [5.74, 6) is -1.44. The molecule has 2 aromatic carbocycles. The molecule has 9 heteroatoms. The first kappa shape index (κ1) is 19.7. The number of benzene rings is 2. The van der Waals surface area contributed by atoms with Crippen LogP contribution < -0.4 is 5.32 Å². The van der Waals surface area contributed by atoms with E-state index in [2.05, 4.69) is 5.32 Å². The van der Waals surface area contributed by atoms with Crippen molar-refractivity contribution in [1.29, 1.82) is 0 Å². The van der Waals surface area contributed by atoms with Gasteiger partial charge in [-0.3, -0.25) is 14.9 Å². The van der Waals surface area contributed by atoms with Gasteiger partial charge in [-0.25, -0.2) is 4.79 Å². The number of rotatable bonds is 5. The Kier molecular flexibility index (Phi) is 6.18. The van der Waals surface area contributed by atoms with Crippen LogP contribution >= 0.6 is 23.2 Å². The minimum atomic E-state index is -1.13. The molecule has 0 bridgehead atoms. The number of ether oxygens (including phenoxy) is 1. The minimum Gasteiger partial charge on any atom is -0.449 e. The number of amides is 1. The van der Waals surface area contributed by atoms with Gasteiger partial charge >= 0.3 is 5.97 Å². The Balaban J connectivity index is 2.09. The quantitative estimate of drug-likeness (QED) is 0.458. The highest BCUT2D eigenvalue weighted by Gasteiger charge is 2.22. The highest BCUT2D eigenvalue weighted by atomic mass is 35.5. The van der Waals surface area contributed by atoms with E-state index < -0.39 is 28.6 Å². The Bertz CT molecular complexity index is 885.